The Morgan fingerprint density at radius 1 is 1.45 bits per heavy atom. The van der Waals surface area contributed by atoms with E-state index in [-0.39, 0.29) is 0 Å². The van der Waals surface area contributed by atoms with Gasteiger partial charge in [-0.2, -0.15) is 0 Å². The van der Waals surface area contributed by atoms with Crippen LogP contribution in [0.25, 0.3) is 10.9 Å². The Bertz CT molecular complexity index is 392. The predicted molar refractivity (Wildman–Crippen MR) is 43.2 cm³/mol. The van der Waals surface area contributed by atoms with Gasteiger partial charge in [0.1, 0.15) is 11.3 Å². The van der Waals surface area contributed by atoms with Crippen molar-refractivity contribution in [3.8, 4) is 0 Å². The molecule has 11 heavy (non-hydrogen) atoms. The van der Waals surface area contributed by atoms with Gasteiger partial charge in [0.15, 0.2) is 0 Å². The van der Waals surface area contributed by atoms with Gasteiger partial charge in [-0.1, -0.05) is 11.2 Å². The quantitative estimate of drug-likeness (QED) is 0.578. The zero-order valence-corrected chi connectivity index (χ0v) is 6.16. The molecule has 56 valence electrons. The van der Waals surface area contributed by atoms with Gasteiger partial charge in [-0.05, 0) is 19.1 Å². The lowest BCUT2D eigenvalue weighted by molar-refractivity contribution is 0.406. The van der Waals surface area contributed by atoms with Crippen molar-refractivity contribution in [3.63, 3.8) is 0 Å². The van der Waals surface area contributed by atoms with Crippen molar-refractivity contribution in [1.82, 2.24) is 5.16 Å². The maximum Gasteiger partial charge on any atom is 0.141 e. The maximum absolute atomic E-state index is 5.65. The molecule has 0 fully saturated rings. The number of fused-ring (bicyclic) bond motifs is 1. The summed E-state index contributed by atoms with van der Waals surface area (Å²) in [6.45, 7) is 1.87. The van der Waals surface area contributed by atoms with E-state index in [2.05, 4.69) is 5.16 Å². The van der Waals surface area contributed by atoms with Crippen molar-refractivity contribution in [2.45, 2.75) is 6.92 Å². The number of nitrogens with two attached hydrogens (primary N) is 1. The highest BCUT2D eigenvalue weighted by Gasteiger charge is 2.04. The first-order valence-electron chi connectivity index (χ1n) is 3.39. The van der Waals surface area contributed by atoms with Crippen molar-refractivity contribution in [2.24, 2.45) is 0 Å². The number of benzene rings is 1. The summed E-state index contributed by atoms with van der Waals surface area (Å²) in [6.07, 6.45) is 0. The fourth-order valence-electron chi connectivity index (χ4n) is 1.11. The van der Waals surface area contributed by atoms with Crippen LogP contribution in [0.4, 0.5) is 5.69 Å². The second-order valence-corrected chi connectivity index (χ2v) is 2.48. The molecule has 0 atom stereocenters. The number of hydrogen-bond donors (Lipinski definition) is 1. The molecule has 1 aromatic heterocycles. The van der Waals surface area contributed by atoms with Crippen LogP contribution in [0.15, 0.2) is 22.7 Å². The molecule has 0 aliphatic carbocycles. The minimum absolute atomic E-state index is 0.666. The fraction of sp³-hybridized carbons (Fsp3) is 0.125. The van der Waals surface area contributed by atoms with Gasteiger partial charge >= 0.3 is 0 Å². The molecule has 0 bridgehead atoms. The number of nitrogen functional groups attached to an aromatic ring is 1. The number of aromatic nitrogens is 1. The zero-order valence-electron chi connectivity index (χ0n) is 6.16. The molecule has 3 heteroatoms. The van der Waals surface area contributed by atoms with E-state index in [1.165, 1.54) is 0 Å². The van der Waals surface area contributed by atoms with Gasteiger partial charge in [-0.15, -0.1) is 0 Å². The molecule has 0 spiro atoms. The van der Waals surface area contributed by atoms with Crippen LogP contribution in [0.2, 0.25) is 0 Å². The normalized spacial score (nSPS) is 10.6. The summed E-state index contributed by atoms with van der Waals surface area (Å²) in [5.74, 6) is 0.812. The van der Waals surface area contributed by atoms with E-state index in [0.29, 0.717) is 5.69 Å². The number of rotatable bonds is 0. The standard InChI is InChI=1S/C8H8N2O/c1-5-6-3-2-4-7(9)8(6)10-11-5/h2-4H,9H2,1H3. The van der Waals surface area contributed by atoms with E-state index >= 15 is 0 Å². The van der Waals surface area contributed by atoms with E-state index < -0.39 is 0 Å². The first kappa shape index (κ1) is 6.22. The van der Waals surface area contributed by atoms with Gasteiger partial charge in [-0.3, -0.25) is 0 Å². The van der Waals surface area contributed by atoms with Gasteiger partial charge in [0, 0.05) is 5.39 Å². The summed E-state index contributed by atoms with van der Waals surface area (Å²) < 4.78 is 4.97. The summed E-state index contributed by atoms with van der Waals surface area (Å²) in [5, 5.41) is 4.81. The van der Waals surface area contributed by atoms with Crippen LogP contribution in [0.3, 0.4) is 0 Å². The topological polar surface area (TPSA) is 52.0 Å². The second kappa shape index (κ2) is 1.99. The van der Waals surface area contributed by atoms with Crippen LogP contribution in [-0.2, 0) is 0 Å². The van der Waals surface area contributed by atoms with Crippen LogP contribution < -0.4 is 5.73 Å². The van der Waals surface area contributed by atoms with Crippen LogP contribution in [0.1, 0.15) is 5.76 Å². The van der Waals surface area contributed by atoms with Gasteiger partial charge in [0.2, 0.25) is 0 Å². The third-order valence-corrected chi connectivity index (χ3v) is 1.72. The first-order valence-corrected chi connectivity index (χ1v) is 3.39. The molecule has 0 amide bonds. The molecule has 1 heterocycles. The second-order valence-electron chi connectivity index (χ2n) is 2.48. The molecule has 0 saturated carbocycles. The Hall–Kier alpha value is -1.51. The monoisotopic (exact) mass is 148 g/mol. The smallest absolute Gasteiger partial charge is 0.141 e. The number of anilines is 1. The molecule has 2 N–H and O–H groups in total. The third kappa shape index (κ3) is 0.774. The van der Waals surface area contributed by atoms with Crippen LogP contribution in [0.5, 0.6) is 0 Å². The molecule has 0 aliphatic rings. The summed E-state index contributed by atoms with van der Waals surface area (Å²) >= 11 is 0. The van der Waals surface area contributed by atoms with Crippen molar-refractivity contribution in [1.29, 1.82) is 0 Å². The highest BCUT2D eigenvalue weighted by Crippen LogP contribution is 2.21. The number of aryl methyl sites for hydroxylation is 1. The largest absolute Gasteiger partial charge is 0.397 e. The highest BCUT2D eigenvalue weighted by atomic mass is 16.5. The summed E-state index contributed by atoms with van der Waals surface area (Å²) in [5.41, 5.74) is 7.07. The molecular weight excluding hydrogens is 140 g/mol. The molecule has 2 aromatic rings. The maximum atomic E-state index is 5.65. The number of hydrogen-bond acceptors (Lipinski definition) is 3. The Balaban J connectivity index is 2.94. The lowest BCUT2D eigenvalue weighted by Crippen LogP contribution is -1.84. The molecule has 0 radical (unpaired) electrons. The van der Waals surface area contributed by atoms with E-state index in [9.17, 15) is 0 Å². The highest BCUT2D eigenvalue weighted by molar-refractivity contribution is 5.90. The minimum atomic E-state index is 0.666. The summed E-state index contributed by atoms with van der Waals surface area (Å²) in [6, 6.07) is 5.64. The molecule has 2 rings (SSSR count). The van der Waals surface area contributed by atoms with Crippen molar-refractivity contribution < 1.29 is 4.52 Å². The summed E-state index contributed by atoms with van der Waals surface area (Å²) in [7, 11) is 0. The van der Waals surface area contributed by atoms with E-state index in [1.54, 1.807) is 0 Å². The van der Waals surface area contributed by atoms with E-state index in [4.69, 9.17) is 10.3 Å². The van der Waals surface area contributed by atoms with Crippen molar-refractivity contribution in [2.75, 3.05) is 5.73 Å². The Labute approximate surface area is 63.8 Å². The molecule has 1 aromatic carbocycles. The van der Waals surface area contributed by atoms with Crippen LogP contribution in [0, 0.1) is 6.92 Å². The van der Waals surface area contributed by atoms with Gasteiger partial charge in [-0.25, -0.2) is 0 Å². The van der Waals surface area contributed by atoms with Crippen molar-refractivity contribution in [3.05, 3.63) is 24.0 Å². The fourth-order valence-corrected chi connectivity index (χ4v) is 1.11. The Morgan fingerprint density at radius 2 is 2.27 bits per heavy atom. The Kier molecular flexibility index (Phi) is 1.12. The average molecular weight is 148 g/mol. The van der Waals surface area contributed by atoms with Gasteiger partial charge in [0.25, 0.3) is 0 Å². The SMILES string of the molecule is Cc1onc2c(N)cccc12. The van der Waals surface area contributed by atoms with Crippen molar-refractivity contribution >= 4 is 16.6 Å². The molecular formula is C8H8N2O. The molecule has 0 aliphatic heterocycles. The predicted octanol–water partition coefficient (Wildman–Crippen LogP) is 1.72. The summed E-state index contributed by atoms with van der Waals surface area (Å²) in [4.78, 5) is 0. The Morgan fingerprint density at radius 3 is 3.00 bits per heavy atom. The van der Waals surface area contributed by atoms with Gasteiger partial charge in [0.05, 0.1) is 5.69 Å². The lowest BCUT2D eigenvalue weighted by atomic mass is 10.2. The molecule has 0 unspecified atom stereocenters. The first-order chi connectivity index (χ1) is 5.29. The van der Waals surface area contributed by atoms with Crippen LogP contribution in [-0.4, -0.2) is 5.16 Å². The van der Waals surface area contributed by atoms with E-state index in [1.807, 2.05) is 25.1 Å². The van der Waals surface area contributed by atoms with Gasteiger partial charge < -0.3 is 10.3 Å². The minimum Gasteiger partial charge on any atom is -0.397 e. The average Bonchev–Trinajstić information content (AvgIpc) is 2.35. The van der Waals surface area contributed by atoms with Crippen LogP contribution >= 0.6 is 0 Å². The molecule has 3 nitrogen and oxygen atoms in total. The molecule has 0 saturated heterocycles. The zero-order chi connectivity index (χ0) is 7.84. The lowest BCUT2D eigenvalue weighted by Gasteiger charge is -1.90. The third-order valence-electron chi connectivity index (χ3n) is 1.72. The van der Waals surface area contributed by atoms with E-state index in [0.717, 1.165) is 16.7 Å². The number of nitrogens with zero attached hydrogens (tertiary/aromatic N) is 1.